The first-order chi connectivity index (χ1) is 10.0. The van der Waals surface area contributed by atoms with Gasteiger partial charge in [-0.1, -0.05) is 12.1 Å². The molecule has 0 saturated carbocycles. The van der Waals surface area contributed by atoms with E-state index in [-0.39, 0.29) is 5.82 Å². The predicted octanol–water partition coefficient (Wildman–Crippen LogP) is 2.11. The van der Waals surface area contributed by atoms with Gasteiger partial charge in [0.05, 0.1) is 16.9 Å². The largest absolute Gasteiger partial charge is 0.475 e. The van der Waals surface area contributed by atoms with E-state index in [9.17, 15) is 4.79 Å². The number of aromatic nitrogens is 4. The second-order valence-electron chi connectivity index (χ2n) is 4.64. The highest BCUT2D eigenvalue weighted by Gasteiger charge is 2.14. The number of carbonyl (C=O) groups is 1. The fourth-order valence-electron chi connectivity index (χ4n) is 2.12. The number of nitrogens with zero attached hydrogens (tertiary/aromatic N) is 4. The van der Waals surface area contributed by atoms with Crippen LogP contribution in [-0.2, 0) is 7.05 Å². The van der Waals surface area contributed by atoms with Crippen molar-refractivity contribution < 1.29 is 9.90 Å². The Kier molecular flexibility index (Phi) is 3.02. The SMILES string of the molecule is Cc1nn(C)cc1Nc1nc(C(=O)O)nc2ccccc12. The topological polar surface area (TPSA) is 92.9 Å². The van der Waals surface area contributed by atoms with Crippen LogP contribution in [0.1, 0.15) is 16.3 Å². The highest BCUT2D eigenvalue weighted by Crippen LogP contribution is 2.25. The van der Waals surface area contributed by atoms with Gasteiger partial charge in [-0.05, 0) is 19.1 Å². The van der Waals surface area contributed by atoms with E-state index in [4.69, 9.17) is 5.11 Å². The number of para-hydroxylation sites is 1. The van der Waals surface area contributed by atoms with E-state index in [0.717, 1.165) is 16.8 Å². The van der Waals surface area contributed by atoms with Gasteiger partial charge in [0.2, 0.25) is 5.82 Å². The first kappa shape index (κ1) is 13.0. The van der Waals surface area contributed by atoms with Crippen molar-refractivity contribution in [3.8, 4) is 0 Å². The highest BCUT2D eigenvalue weighted by molar-refractivity contribution is 5.94. The number of aryl methyl sites for hydroxylation is 2. The maximum atomic E-state index is 11.2. The molecule has 0 saturated heterocycles. The number of carboxylic acids is 1. The predicted molar refractivity (Wildman–Crippen MR) is 77.7 cm³/mol. The third-order valence-corrected chi connectivity index (χ3v) is 3.06. The number of benzene rings is 1. The number of aromatic carboxylic acids is 1. The van der Waals surface area contributed by atoms with Gasteiger partial charge in [0, 0.05) is 18.6 Å². The summed E-state index contributed by atoms with van der Waals surface area (Å²) >= 11 is 0. The Bertz CT molecular complexity index is 840. The number of hydrogen-bond donors (Lipinski definition) is 2. The van der Waals surface area contributed by atoms with Gasteiger partial charge in [-0.25, -0.2) is 14.8 Å². The fourth-order valence-corrected chi connectivity index (χ4v) is 2.12. The normalized spacial score (nSPS) is 10.8. The molecule has 1 aromatic carbocycles. The molecule has 0 bridgehead atoms. The quantitative estimate of drug-likeness (QED) is 0.764. The molecule has 2 aromatic heterocycles. The number of rotatable bonds is 3. The zero-order valence-electron chi connectivity index (χ0n) is 11.5. The minimum absolute atomic E-state index is 0.238. The molecule has 0 spiro atoms. The van der Waals surface area contributed by atoms with Crippen molar-refractivity contribution in [2.75, 3.05) is 5.32 Å². The monoisotopic (exact) mass is 283 g/mol. The molecule has 0 unspecified atom stereocenters. The number of anilines is 2. The lowest BCUT2D eigenvalue weighted by molar-refractivity contribution is 0.0684. The van der Waals surface area contributed by atoms with Crippen LogP contribution in [0.4, 0.5) is 11.5 Å². The summed E-state index contributed by atoms with van der Waals surface area (Å²) in [6.45, 7) is 1.86. The van der Waals surface area contributed by atoms with Crippen LogP contribution < -0.4 is 5.32 Å². The van der Waals surface area contributed by atoms with Gasteiger partial charge in [0.1, 0.15) is 5.82 Å². The highest BCUT2D eigenvalue weighted by atomic mass is 16.4. The van der Waals surface area contributed by atoms with Gasteiger partial charge in [0.25, 0.3) is 0 Å². The van der Waals surface area contributed by atoms with Crippen molar-refractivity contribution in [3.05, 3.63) is 42.0 Å². The first-order valence-electron chi connectivity index (χ1n) is 6.32. The van der Waals surface area contributed by atoms with E-state index in [1.165, 1.54) is 0 Å². The molecule has 0 amide bonds. The summed E-state index contributed by atoms with van der Waals surface area (Å²) in [4.78, 5) is 19.3. The maximum Gasteiger partial charge on any atom is 0.374 e. The molecule has 0 radical (unpaired) electrons. The zero-order chi connectivity index (χ0) is 15.0. The average Bonchev–Trinajstić information content (AvgIpc) is 2.76. The van der Waals surface area contributed by atoms with Crippen molar-refractivity contribution >= 4 is 28.4 Å². The third kappa shape index (κ3) is 2.40. The minimum atomic E-state index is -1.16. The van der Waals surface area contributed by atoms with Crippen molar-refractivity contribution in [2.45, 2.75) is 6.92 Å². The number of nitrogens with one attached hydrogen (secondary N) is 1. The lowest BCUT2D eigenvalue weighted by atomic mass is 10.2. The maximum absolute atomic E-state index is 11.2. The Morgan fingerprint density at radius 1 is 1.29 bits per heavy atom. The van der Waals surface area contributed by atoms with E-state index in [0.29, 0.717) is 11.3 Å². The Morgan fingerprint density at radius 3 is 2.71 bits per heavy atom. The molecule has 7 nitrogen and oxygen atoms in total. The van der Waals surface area contributed by atoms with Gasteiger partial charge in [-0.2, -0.15) is 5.10 Å². The molecule has 0 fully saturated rings. The zero-order valence-corrected chi connectivity index (χ0v) is 11.5. The van der Waals surface area contributed by atoms with Crippen molar-refractivity contribution in [1.29, 1.82) is 0 Å². The second-order valence-corrected chi connectivity index (χ2v) is 4.64. The van der Waals surface area contributed by atoms with Crippen LogP contribution in [0.5, 0.6) is 0 Å². The molecular formula is C14H13N5O2. The van der Waals surface area contributed by atoms with Crippen LogP contribution in [-0.4, -0.2) is 30.8 Å². The van der Waals surface area contributed by atoms with Crippen LogP contribution in [0.15, 0.2) is 30.5 Å². The smallest absolute Gasteiger partial charge is 0.374 e. The molecule has 7 heteroatoms. The molecule has 0 aliphatic carbocycles. The second kappa shape index (κ2) is 4.86. The lowest BCUT2D eigenvalue weighted by Crippen LogP contribution is -2.07. The summed E-state index contributed by atoms with van der Waals surface area (Å²) in [6, 6.07) is 7.26. The summed E-state index contributed by atoms with van der Waals surface area (Å²) < 4.78 is 1.68. The van der Waals surface area contributed by atoms with Crippen LogP contribution in [0.2, 0.25) is 0 Å². The van der Waals surface area contributed by atoms with E-state index >= 15 is 0 Å². The molecule has 2 N–H and O–H groups in total. The summed E-state index contributed by atoms with van der Waals surface area (Å²) in [6.07, 6.45) is 1.81. The van der Waals surface area contributed by atoms with Crippen LogP contribution in [0.3, 0.4) is 0 Å². The number of fused-ring (bicyclic) bond motifs is 1. The molecule has 21 heavy (non-hydrogen) atoms. The van der Waals surface area contributed by atoms with Crippen molar-refractivity contribution in [3.63, 3.8) is 0 Å². The van der Waals surface area contributed by atoms with E-state index < -0.39 is 5.97 Å². The number of hydrogen-bond acceptors (Lipinski definition) is 5. The third-order valence-electron chi connectivity index (χ3n) is 3.06. The van der Waals surface area contributed by atoms with Gasteiger partial charge < -0.3 is 10.4 Å². The minimum Gasteiger partial charge on any atom is -0.475 e. The lowest BCUT2D eigenvalue weighted by Gasteiger charge is -2.08. The fraction of sp³-hybridized carbons (Fsp3) is 0.143. The van der Waals surface area contributed by atoms with E-state index in [1.807, 2.05) is 32.3 Å². The molecule has 0 atom stereocenters. The van der Waals surface area contributed by atoms with Gasteiger partial charge in [-0.15, -0.1) is 0 Å². The van der Waals surface area contributed by atoms with Crippen LogP contribution in [0, 0.1) is 6.92 Å². The molecule has 3 aromatic rings. The van der Waals surface area contributed by atoms with Crippen molar-refractivity contribution in [1.82, 2.24) is 19.7 Å². The van der Waals surface area contributed by atoms with E-state index in [2.05, 4.69) is 20.4 Å². The standard InChI is InChI=1S/C14H13N5O2/c1-8-11(7-19(2)18-8)16-12-9-5-3-4-6-10(9)15-13(17-12)14(20)21/h3-7H,1-2H3,(H,20,21)(H,15,16,17). The Hall–Kier alpha value is -2.96. The Balaban J connectivity index is 2.16. The molecule has 3 rings (SSSR count). The van der Waals surface area contributed by atoms with Crippen LogP contribution in [0.25, 0.3) is 10.9 Å². The van der Waals surface area contributed by atoms with Gasteiger partial charge in [0.15, 0.2) is 0 Å². The molecule has 0 aliphatic heterocycles. The summed E-state index contributed by atoms with van der Waals surface area (Å²) in [7, 11) is 1.82. The van der Waals surface area contributed by atoms with Gasteiger partial charge >= 0.3 is 5.97 Å². The first-order valence-corrected chi connectivity index (χ1v) is 6.32. The van der Waals surface area contributed by atoms with Crippen LogP contribution >= 0.6 is 0 Å². The molecule has 2 heterocycles. The van der Waals surface area contributed by atoms with Crippen molar-refractivity contribution in [2.24, 2.45) is 7.05 Å². The van der Waals surface area contributed by atoms with E-state index in [1.54, 1.807) is 16.8 Å². The average molecular weight is 283 g/mol. The number of carboxylic acid groups (broad SMARTS) is 1. The van der Waals surface area contributed by atoms with Gasteiger partial charge in [-0.3, -0.25) is 4.68 Å². The molecule has 106 valence electrons. The summed E-state index contributed by atoms with van der Waals surface area (Å²) in [5.74, 6) is -0.946. The molecular weight excluding hydrogens is 270 g/mol. The Labute approximate surface area is 120 Å². The Morgan fingerprint density at radius 2 is 2.05 bits per heavy atom. The summed E-state index contributed by atoms with van der Waals surface area (Å²) in [5, 5.41) is 17.3. The molecule has 0 aliphatic rings. The summed E-state index contributed by atoms with van der Waals surface area (Å²) in [5.41, 5.74) is 2.16.